The first kappa shape index (κ1) is 29.1. The molecular formula is C17H30N6O8S. The molecule has 0 radical (unpaired) electrons. The number of nitrogens with one attached hydrogen (secondary N) is 3. The van der Waals surface area contributed by atoms with E-state index in [0.29, 0.717) is 25.8 Å². The van der Waals surface area contributed by atoms with E-state index in [1.165, 1.54) is 0 Å². The Labute approximate surface area is 189 Å². The molecule has 0 fully saturated rings. The van der Waals surface area contributed by atoms with Crippen molar-refractivity contribution in [1.29, 1.82) is 0 Å². The zero-order valence-corrected chi connectivity index (χ0v) is 18.2. The molecule has 182 valence electrons. The lowest BCUT2D eigenvalue weighted by Crippen LogP contribution is -2.58. The number of hydrogen-bond acceptors (Lipinski definition) is 9. The Morgan fingerprint density at radius 1 is 0.812 bits per heavy atom. The number of carboxylic acids is 2. The maximum atomic E-state index is 12.5. The summed E-state index contributed by atoms with van der Waals surface area (Å²) >= 11 is 3.98. The number of carbonyl (C=O) groups excluding carboxylic acids is 4. The van der Waals surface area contributed by atoms with Crippen LogP contribution in [-0.4, -0.2) is 82.2 Å². The van der Waals surface area contributed by atoms with E-state index in [0.717, 1.165) is 0 Å². The van der Waals surface area contributed by atoms with Crippen molar-refractivity contribution in [2.75, 3.05) is 12.3 Å². The highest BCUT2D eigenvalue weighted by atomic mass is 32.1. The summed E-state index contributed by atoms with van der Waals surface area (Å²) in [6.45, 7) is 0.439. The molecule has 0 saturated carbocycles. The molecule has 0 aromatic heterocycles. The topological polar surface area (TPSA) is 257 Å². The zero-order valence-electron chi connectivity index (χ0n) is 17.3. The molecular weight excluding hydrogens is 448 g/mol. The van der Waals surface area contributed by atoms with Crippen LogP contribution in [0.15, 0.2) is 0 Å². The number of unbranched alkanes of at least 4 members (excludes halogenated alkanes) is 1. The normalized spacial score (nSPS) is 14.3. The Morgan fingerprint density at radius 2 is 1.34 bits per heavy atom. The van der Waals surface area contributed by atoms with Gasteiger partial charge < -0.3 is 43.4 Å². The van der Waals surface area contributed by atoms with Crippen LogP contribution in [0.25, 0.3) is 0 Å². The molecule has 14 nitrogen and oxygen atoms in total. The first-order chi connectivity index (χ1) is 14.9. The summed E-state index contributed by atoms with van der Waals surface area (Å²) in [6, 6.07) is -5.56. The highest BCUT2D eigenvalue weighted by Gasteiger charge is 2.31. The van der Waals surface area contributed by atoms with E-state index in [-0.39, 0.29) is 5.75 Å². The van der Waals surface area contributed by atoms with Gasteiger partial charge in [0.1, 0.15) is 18.1 Å². The number of primary amides is 1. The van der Waals surface area contributed by atoms with Gasteiger partial charge in [0.25, 0.3) is 0 Å². The maximum Gasteiger partial charge on any atom is 0.326 e. The van der Waals surface area contributed by atoms with Gasteiger partial charge in [0.2, 0.25) is 23.6 Å². The van der Waals surface area contributed by atoms with E-state index in [2.05, 4.69) is 23.3 Å². The van der Waals surface area contributed by atoms with E-state index in [4.69, 9.17) is 27.4 Å². The molecule has 0 aliphatic heterocycles. The molecule has 0 rings (SSSR count). The molecule has 4 unspecified atom stereocenters. The highest BCUT2D eigenvalue weighted by Crippen LogP contribution is 2.02. The molecule has 4 amide bonds. The summed E-state index contributed by atoms with van der Waals surface area (Å²) in [5.74, 6) is -7.00. The summed E-state index contributed by atoms with van der Waals surface area (Å²) in [5.41, 5.74) is 16.2. The first-order valence-corrected chi connectivity index (χ1v) is 10.3. The van der Waals surface area contributed by atoms with Crippen LogP contribution in [0.1, 0.15) is 32.1 Å². The number of amides is 4. The monoisotopic (exact) mass is 478 g/mol. The van der Waals surface area contributed by atoms with Crippen LogP contribution >= 0.6 is 12.6 Å². The van der Waals surface area contributed by atoms with Gasteiger partial charge >= 0.3 is 11.9 Å². The molecule has 0 aliphatic carbocycles. The van der Waals surface area contributed by atoms with Gasteiger partial charge in [-0.25, -0.2) is 4.79 Å². The van der Waals surface area contributed by atoms with Crippen molar-refractivity contribution in [3.63, 3.8) is 0 Å². The van der Waals surface area contributed by atoms with Crippen molar-refractivity contribution < 1.29 is 39.0 Å². The quantitative estimate of drug-likeness (QED) is 0.0773. The SMILES string of the molecule is NCCCCC(N)C(=O)NC(CS)C(=O)NC(CC(N)=O)C(=O)NC(CC(=O)O)C(=O)O. The molecule has 0 bridgehead atoms. The Hall–Kier alpha value is -2.91. The number of nitrogens with two attached hydrogens (primary N) is 3. The third-order valence-corrected chi connectivity index (χ3v) is 4.52. The summed E-state index contributed by atoms with van der Waals surface area (Å²) < 4.78 is 0. The van der Waals surface area contributed by atoms with E-state index >= 15 is 0 Å². The molecule has 0 aliphatic rings. The van der Waals surface area contributed by atoms with Crippen molar-refractivity contribution in [3.05, 3.63) is 0 Å². The zero-order chi connectivity index (χ0) is 24.8. The second kappa shape index (κ2) is 15.0. The Morgan fingerprint density at radius 3 is 1.81 bits per heavy atom. The van der Waals surface area contributed by atoms with Crippen LogP contribution in [0.2, 0.25) is 0 Å². The molecule has 0 heterocycles. The molecule has 15 heteroatoms. The lowest BCUT2D eigenvalue weighted by atomic mass is 10.1. The lowest BCUT2D eigenvalue weighted by Gasteiger charge is -2.23. The standard InChI is InChI=1S/C17H30N6O8S/c18-4-2-1-3-8(19)14(27)23-11(7-32)16(29)21-9(5-12(20)24)15(28)22-10(17(30)31)6-13(25)26/h8-11,32H,1-7,18-19H2,(H2,20,24)(H,21,29)(H,22,28)(H,23,27)(H,25,26)(H,30,31). The summed E-state index contributed by atoms with van der Waals surface area (Å²) in [6.07, 6.45) is -0.0410. The molecule has 0 saturated heterocycles. The molecule has 4 atom stereocenters. The van der Waals surface area contributed by atoms with Gasteiger partial charge in [-0.1, -0.05) is 6.42 Å². The van der Waals surface area contributed by atoms with Gasteiger partial charge in [-0.2, -0.15) is 12.6 Å². The first-order valence-electron chi connectivity index (χ1n) is 9.63. The fourth-order valence-electron chi connectivity index (χ4n) is 2.44. The van der Waals surface area contributed by atoms with Gasteiger partial charge in [0.05, 0.1) is 18.9 Å². The van der Waals surface area contributed by atoms with Crippen LogP contribution in [0.5, 0.6) is 0 Å². The van der Waals surface area contributed by atoms with Crippen LogP contribution in [0.4, 0.5) is 0 Å². The number of thiol groups is 1. The predicted molar refractivity (Wildman–Crippen MR) is 114 cm³/mol. The summed E-state index contributed by atoms with van der Waals surface area (Å²) in [5, 5.41) is 24.3. The average Bonchev–Trinajstić information content (AvgIpc) is 2.69. The summed E-state index contributed by atoms with van der Waals surface area (Å²) in [4.78, 5) is 70.3. The van der Waals surface area contributed by atoms with Gasteiger partial charge in [-0.3, -0.25) is 24.0 Å². The Balaban J connectivity index is 5.21. The van der Waals surface area contributed by atoms with Crippen molar-refractivity contribution in [2.45, 2.75) is 56.3 Å². The molecule has 0 spiro atoms. The molecule has 32 heavy (non-hydrogen) atoms. The van der Waals surface area contributed by atoms with Crippen LogP contribution in [0, 0.1) is 0 Å². The number of aliphatic carboxylic acids is 2. The number of carboxylic acid groups (broad SMARTS) is 2. The van der Waals surface area contributed by atoms with Gasteiger partial charge in [-0.05, 0) is 19.4 Å². The third kappa shape index (κ3) is 11.5. The second-order valence-electron chi connectivity index (χ2n) is 6.86. The van der Waals surface area contributed by atoms with E-state index in [1.807, 2.05) is 5.32 Å². The van der Waals surface area contributed by atoms with Crippen molar-refractivity contribution in [2.24, 2.45) is 17.2 Å². The maximum absolute atomic E-state index is 12.5. The molecule has 0 aromatic carbocycles. The van der Waals surface area contributed by atoms with Gasteiger partial charge in [0.15, 0.2) is 0 Å². The third-order valence-electron chi connectivity index (χ3n) is 4.15. The smallest absolute Gasteiger partial charge is 0.326 e. The van der Waals surface area contributed by atoms with E-state index < -0.39 is 72.6 Å². The van der Waals surface area contributed by atoms with Gasteiger partial charge in [0, 0.05) is 5.75 Å². The predicted octanol–water partition coefficient (Wildman–Crippen LogP) is -3.74. The fourth-order valence-corrected chi connectivity index (χ4v) is 2.70. The number of rotatable bonds is 16. The lowest BCUT2D eigenvalue weighted by molar-refractivity contribution is -0.147. The minimum absolute atomic E-state index is 0.186. The highest BCUT2D eigenvalue weighted by molar-refractivity contribution is 7.80. The molecule has 0 aromatic rings. The van der Waals surface area contributed by atoms with Gasteiger partial charge in [-0.15, -0.1) is 0 Å². The molecule has 11 N–H and O–H groups in total. The van der Waals surface area contributed by atoms with Crippen molar-refractivity contribution >= 4 is 48.2 Å². The Bertz CT molecular complexity index is 707. The minimum atomic E-state index is -1.81. The average molecular weight is 479 g/mol. The van der Waals surface area contributed by atoms with Crippen LogP contribution in [-0.2, 0) is 28.8 Å². The summed E-state index contributed by atoms with van der Waals surface area (Å²) in [7, 11) is 0. The van der Waals surface area contributed by atoms with E-state index in [9.17, 15) is 28.8 Å². The van der Waals surface area contributed by atoms with Crippen molar-refractivity contribution in [1.82, 2.24) is 16.0 Å². The largest absolute Gasteiger partial charge is 0.481 e. The van der Waals surface area contributed by atoms with Crippen molar-refractivity contribution in [3.8, 4) is 0 Å². The number of hydrogen-bond donors (Lipinski definition) is 9. The minimum Gasteiger partial charge on any atom is -0.481 e. The fraction of sp³-hybridized carbons (Fsp3) is 0.647. The number of carbonyl (C=O) groups is 6. The van der Waals surface area contributed by atoms with Crippen LogP contribution < -0.4 is 33.2 Å². The second-order valence-corrected chi connectivity index (χ2v) is 7.23. The Kier molecular flexibility index (Phi) is 13.6. The van der Waals surface area contributed by atoms with E-state index in [1.54, 1.807) is 0 Å². The van der Waals surface area contributed by atoms with Crippen LogP contribution in [0.3, 0.4) is 0 Å².